The highest BCUT2D eigenvalue weighted by Gasteiger charge is 2.37. The van der Waals surface area contributed by atoms with E-state index >= 15 is 0 Å². The number of hydrogen-bond donors (Lipinski definition) is 1. The summed E-state index contributed by atoms with van der Waals surface area (Å²) in [7, 11) is 0. The van der Waals surface area contributed by atoms with E-state index in [1.165, 1.54) is 15.4 Å². The summed E-state index contributed by atoms with van der Waals surface area (Å²) in [5, 5.41) is 0. The Morgan fingerprint density at radius 2 is 2.09 bits per heavy atom. The number of carbonyl (C=O) groups excluding carboxylic acids is 2. The van der Waals surface area contributed by atoms with Crippen LogP contribution in [-0.2, 0) is 11.3 Å². The molecule has 0 aromatic carbocycles. The Morgan fingerprint density at radius 1 is 1.30 bits per heavy atom. The number of pyridine rings is 1. The van der Waals surface area contributed by atoms with E-state index in [1.807, 2.05) is 16.7 Å². The number of urea groups is 1. The molecule has 0 atom stereocenters. The quantitative estimate of drug-likeness (QED) is 0.866. The summed E-state index contributed by atoms with van der Waals surface area (Å²) in [6.45, 7) is 2.60. The van der Waals surface area contributed by atoms with Gasteiger partial charge in [0.2, 0.25) is 0 Å². The normalized spacial score (nSPS) is 18.5. The minimum absolute atomic E-state index is 0.0707. The van der Waals surface area contributed by atoms with E-state index in [1.54, 1.807) is 6.92 Å². The number of anilines is 1. The van der Waals surface area contributed by atoms with Crippen LogP contribution in [0.2, 0.25) is 0 Å². The van der Waals surface area contributed by atoms with Gasteiger partial charge in [-0.3, -0.25) is 14.6 Å². The lowest BCUT2D eigenvalue weighted by Crippen LogP contribution is -2.33. The van der Waals surface area contributed by atoms with Crippen LogP contribution >= 0.6 is 0 Å². The molecule has 2 aliphatic rings. The molecule has 1 aliphatic carbocycles. The SMILES string of the molecule is CCN1C(=O)CN(c2cc(C3CC3)cn3cc(CN)nc23)C1=O. The van der Waals surface area contributed by atoms with Crippen molar-refractivity contribution in [3.63, 3.8) is 0 Å². The second-order valence-corrected chi connectivity index (χ2v) is 6.11. The number of hydrogen-bond acceptors (Lipinski definition) is 4. The van der Waals surface area contributed by atoms with Gasteiger partial charge in [0.1, 0.15) is 6.54 Å². The van der Waals surface area contributed by atoms with Crippen LogP contribution in [0.4, 0.5) is 10.5 Å². The molecule has 3 amide bonds. The molecule has 2 N–H and O–H groups in total. The number of nitrogens with zero attached hydrogens (tertiary/aromatic N) is 4. The van der Waals surface area contributed by atoms with E-state index in [0.717, 1.165) is 18.5 Å². The van der Waals surface area contributed by atoms with Crippen LogP contribution in [0.5, 0.6) is 0 Å². The second kappa shape index (κ2) is 5.06. The number of imide groups is 1. The van der Waals surface area contributed by atoms with Crippen molar-refractivity contribution in [2.24, 2.45) is 5.73 Å². The van der Waals surface area contributed by atoms with Crippen molar-refractivity contribution < 1.29 is 9.59 Å². The van der Waals surface area contributed by atoms with Crippen LogP contribution in [0, 0.1) is 0 Å². The first-order valence-electron chi connectivity index (χ1n) is 7.95. The monoisotopic (exact) mass is 313 g/mol. The number of carbonyl (C=O) groups is 2. The lowest BCUT2D eigenvalue weighted by atomic mass is 10.1. The van der Waals surface area contributed by atoms with Crippen molar-refractivity contribution in [2.75, 3.05) is 18.0 Å². The molecule has 3 heterocycles. The van der Waals surface area contributed by atoms with E-state index in [0.29, 0.717) is 30.3 Å². The molecule has 7 nitrogen and oxygen atoms in total. The van der Waals surface area contributed by atoms with Crippen LogP contribution in [0.1, 0.15) is 36.9 Å². The van der Waals surface area contributed by atoms with E-state index in [4.69, 9.17) is 5.73 Å². The lowest BCUT2D eigenvalue weighted by Gasteiger charge is -2.18. The molecular formula is C16H19N5O2. The Hall–Kier alpha value is -2.41. The zero-order valence-electron chi connectivity index (χ0n) is 13.0. The molecule has 7 heteroatoms. The number of imidazole rings is 1. The molecule has 2 aromatic heterocycles. The number of rotatable bonds is 4. The van der Waals surface area contributed by atoms with Crippen LogP contribution in [0.15, 0.2) is 18.5 Å². The molecular weight excluding hydrogens is 294 g/mol. The Balaban J connectivity index is 1.86. The molecule has 2 aromatic rings. The van der Waals surface area contributed by atoms with Crippen LogP contribution in [0.3, 0.4) is 0 Å². The highest BCUT2D eigenvalue weighted by molar-refractivity contribution is 6.13. The maximum atomic E-state index is 12.5. The number of fused-ring (bicyclic) bond motifs is 1. The molecule has 1 saturated heterocycles. The average molecular weight is 313 g/mol. The standard InChI is InChI=1S/C16H19N5O2/c1-2-20-14(22)9-21(16(20)23)13-5-11(10-3-4-10)7-19-8-12(6-17)18-15(13)19/h5,7-8,10H,2-4,6,9,17H2,1H3. The number of amides is 3. The van der Waals surface area contributed by atoms with Gasteiger partial charge >= 0.3 is 6.03 Å². The summed E-state index contributed by atoms with van der Waals surface area (Å²) < 4.78 is 1.93. The minimum atomic E-state index is -0.273. The molecule has 23 heavy (non-hydrogen) atoms. The molecule has 0 bridgehead atoms. The second-order valence-electron chi connectivity index (χ2n) is 6.11. The van der Waals surface area contributed by atoms with Crippen molar-refractivity contribution in [3.8, 4) is 0 Å². The number of aromatic nitrogens is 2. The summed E-state index contributed by atoms with van der Waals surface area (Å²) >= 11 is 0. The van der Waals surface area contributed by atoms with Gasteiger partial charge in [-0.15, -0.1) is 0 Å². The Kier molecular flexibility index (Phi) is 3.12. The summed E-state index contributed by atoms with van der Waals surface area (Å²) in [4.78, 5) is 31.9. The fraction of sp³-hybridized carbons (Fsp3) is 0.438. The molecule has 2 fully saturated rings. The first-order valence-corrected chi connectivity index (χ1v) is 7.95. The number of likely N-dealkylation sites (N-methyl/N-ethyl adjacent to an activating group) is 1. The first kappa shape index (κ1) is 14.2. The Bertz CT molecular complexity index is 808. The van der Waals surface area contributed by atoms with Gasteiger partial charge in [-0.1, -0.05) is 0 Å². The summed E-state index contributed by atoms with van der Waals surface area (Å²) in [6.07, 6.45) is 6.28. The van der Waals surface area contributed by atoms with Gasteiger partial charge in [-0.05, 0) is 37.3 Å². The molecule has 0 radical (unpaired) electrons. The predicted molar refractivity (Wildman–Crippen MR) is 85.2 cm³/mol. The molecule has 0 unspecified atom stereocenters. The zero-order valence-corrected chi connectivity index (χ0v) is 13.0. The van der Waals surface area contributed by atoms with Crippen molar-refractivity contribution in [1.29, 1.82) is 0 Å². The van der Waals surface area contributed by atoms with Gasteiger partial charge in [0.05, 0.1) is 11.4 Å². The third-order valence-electron chi connectivity index (χ3n) is 4.52. The van der Waals surface area contributed by atoms with E-state index in [-0.39, 0.29) is 18.5 Å². The minimum Gasteiger partial charge on any atom is -0.325 e. The lowest BCUT2D eigenvalue weighted by molar-refractivity contribution is -0.124. The average Bonchev–Trinajstić information content (AvgIpc) is 3.24. The molecule has 1 aliphatic heterocycles. The third kappa shape index (κ3) is 2.19. The van der Waals surface area contributed by atoms with Gasteiger partial charge < -0.3 is 10.1 Å². The summed E-state index contributed by atoms with van der Waals surface area (Å²) in [6, 6.07) is 1.73. The van der Waals surface area contributed by atoms with Gasteiger partial charge in [0.25, 0.3) is 5.91 Å². The van der Waals surface area contributed by atoms with E-state index < -0.39 is 0 Å². The van der Waals surface area contributed by atoms with Crippen molar-refractivity contribution in [1.82, 2.24) is 14.3 Å². The van der Waals surface area contributed by atoms with Gasteiger partial charge in [-0.2, -0.15) is 0 Å². The first-order chi connectivity index (χ1) is 11.1. The van der Waals surface area contributed by atoms with E-state index in [9.17, 15) is 9.59 Å². The topological polar surface area (TPSA) is 83.9 Å². The Labute approximate surface area is 133 Å². The predicted octanol–water partition coefficient (Wildman–Crippen LogP) is 1.46. The highest BCUT2D eigenvalue weighted by Crippen LogP contribution is 2.42. The summed E-state index contributed by atoms with van der Waals surface area (Å²) in [5.74, 6) is 0.371. The largest absolute Gasteiger partial charge is 0.331 e. The van der Waals surface area contributed by atoms with Gasteiger partial charge in [0.15, 0.2) is 5.65 Å². The fourth-order valence-corrected chi connectivity index (χ4v) is 3.13. The number of nitrogens with two attached hydrogens (primary N) is 1. The van der Waals surface area contributed by atoms with Crippen molar-refractivity contribution in [3.05, 3.63) is 29.7 Å². The third-order valence-corrected chi connectivity index (χ3v) is 4.52. The molecule has 120 valence electrons. The molecule has 1 saturated carbocycles. The van der Waals surface area contributed by atoms with Crippen LogP contribution in [0.25, 0.3) is 5.65 Å². The van der Waals surface area contributed by atoms with Gasteiger partial charge in [-0.25, -0.2) is 9.78 Å². The molecule has 4 rings (SSSR count). The maximum absolute atomic E-state index is 12.5. The Morgan fingerprint density at radius 3 is 2.70 bits per heavy atom. The van der Waals surface area contributed by atoms with Gasteiger partial charge in [0, 0.05) is 25.5 Å². The maximum Gasteiger partial charge on any atom is 0.331 e. The molecule has 0 spiro atoms. The fourth-order valence-electron chi connectivity index (χ4n) is 3.13. The summed E-state index contributed by atoms with van der Waals surface area (Å²) in [5.41, 5.74) is 9.03. The smallest absolute Gasteiger partial charge is 0.325 e. The van der Waals surface area contributed by atoms with Crippen molar-refractivity contribution >= 4 is 23.3 Å². The highest BCUT2D eigenvalue weighted by atomic mass is 16.2. The van der Waals surface area contributed by atoms with Crippen molar-refractivity contribution in [2.45, 2.75) is 32.2 Å². The van der Waals surface area contributed by atoms with Crippen LogP contribution in [-0.4, -0.2) is 39.3 Å². The van der Waals surface area contributed by atoms with Crippen LogP contribution < -0.4 is 10.6 Å². The van der Waals surface area contributed by atoms with E-state index in [2.05, 4.69) is 11.2 Å². The zero-order chi connectivity index (χ0) is 16.1.